The van der Waals surface area contributed by atoms with E-state index in [9.17, 15) is 5.11 Å². The molecule has 3 aromatic rings. The van der Waals surface area contributed by atoms with E-state index in [-0.39, 0.29) is 6.04 Å². The molecular weight excluding hydrogens is 316 g/mol. The van der Waals surface area contributed by atoms with E-state index >= 15 is 0 Å². The molecule has 2 atom stereocenters. The maximum Gasteiger partial charge on any atom is 0.155 e. The van der Waals surface area contributed by atoms with E-state index in [1.54, 1.807) is 7.11 Å². The number of hydrogen-bond donors (Lipinski definition) is 2. The number of ether oxygens (including phenoxy) is 1. The van der Waals surface area contributed by atoms with Gasteiger partial charge in [-0.2, -0.15) is 5.10 Å². The fraction of sp³-hybridized carbons (Fsp3) is 0.368. The molecule has 6 heteroatoms. The van der Waals surface area contributed by atoms with E-state index in [1.165, 1.54) is 0 Å². The Morgan fingerprint density at radius 3 is 2.84 bits per heavy atom. The fourth-order valence-electron chi connectivity index (χ4n) is 2.97. The lowest BCUT2D eigenvalue weighted by Crippen LogP contribution is -2.26. The van der Waals surface area contributed by atoms with Crippen LogP contribution in [-0.2, 0) is 0 Å². The van der Waals surface area contributed by atoms with Gasteiger partial charge in [0.2, 0.25) is 0 Å². The fourth-order valence-corrected chi connectivity index (χ4v) is 2.97. The Morgan fingerprint density at radius 1 is 1.28 bits per heavy atom. The van der Waals surface area contributed by atoms with Crippen molar-refractivity contribution in [3.05, 3.63) is 59.0 Å². The SMILES string of the molecule is COc1cccc(C(O)CNC(C)c2cnc3cc(C)nn3c2C)c1. The number of methoxy groups -OCH3 is 1. The third-order valence-corrected chi connectivity index (χ3v) is 4.45. The van der Waals surface area contributed by atoms with Crippen LogP contribution in [0.1, 0.15) is 41.6 Å². The molecule has 132 valence electrons. The average Bonchev–Trinajstić information content (AvgIpc) is 3.01. The van der Waals surface area contributed by atoms with Crippen LogP contribution in [-0.4, -0.2) is 33.4 Å². The predicted octanol–water partition coefficient (Wildman–Crippen LogP) is 2.74. The number of aromatic nitrogens is 3. The lowest BCUT2D eigenvalue weighted by Gasteiger charge is -2.19. The van der Waals surface area contributed by atoms with E-state index in [4.69, 9.17) is 4.74 Å². The molecule has 2 unspecified atom stereocenters. The zero-order valence-electron chi connectivity index (χ0n) is 15.0. The summed E-state index contributed by atoms with van der Waals surface area (Å²) in [5.41, 5.74) is 4.73. The van der Waals surface area contributed by atoms with Crippen LogP contribution in [0.4, 0.5) is 0 Å². The summed E-state index contributed by atoms with van der Waals surface area (Å²) in [5.74, 6) is 0.740. The Hall–Kier alpha value is -2.44. The zero-order chi connectivity index (χ0) is 18.0. The number of aliphatic hydroxyl groups excluding tert-OH is 1. The molecule has 0 radical (unpaired) electrons. The normalized spacial score (nSPS) is 13.8. The van der Waals surface area contributed by atoms with Crippen LogP contribution in [0.2, 0.25) is 0 Å². The molecule has 0 saturated carbocycles. The van der Waals surface area contributed by atoms with Crippen LogP contribution >= 0.6 is 0 Å². The van der Waals surface area contributed by atoms with Crippen LogP contribution < -0.4 is 10.1 Å². The maximum atomic E-state index is 10.4. The first-order valence-electron chi connectivity index (χ1n) is 8.37. The van der Waals surface area contributed by atoms with Crippen molar-refractivity contribution in [1.29, 1.82) is 0 Å². The first-order valence-corrected chi connectivity index (χ1v) is 8.37. The van der Waals surface area contributed by atoms with Gasteiger partial charge in [-0.15, -0.1) is 0 Å². The Bertz CT molecular complexity index is 875. The highest BCUT2D eigenvalue weighted by molar-refractivity contribution is 5.42. The second kappa shape index (κ2) is 7.21. The minimum Gasteiger partial charge on any atom is -0.497 e. The molecule has 3 rings (SSSR count). The van der Waals surface area contributed by atoms with Crippen LogP contribution in [0.25, 0.3) is 5.65 Å². The predicted molar refractivity (Wildman–Crippen MR) is 96.8 cm³/mol. The van der Waals surface area contributed by atoms with Gasteiger partial charge >= 0.3 is 0 Å². The van der Waals surface area contributed by atoms with E-state index in [1.807, 2.05) is 54.9 Å². The number of nitrogens with zero attached hydrogens (tertiary/aromatic N) is 3. The molecule has 0 aliphatic rings. The standard InChI is InChI=1S/C19H24N4O2/c1-12-8-19-21-10-17(14(3)23(19)22-12)13(2)20-11-18(24)15-6-5-7-16(9-15)25-4/h5-10,13,18,20,24H,11H2,1-4H3. The molecular formula is C19H24N4O2. The molecule has 1 aromatic carbocycles. The Labute approximate surface area is 147 Å². The van der Waals surface area contributed by atoms with E-state index in [0.717, 1.165) is 33.9 Å². The van der Waals surface area contributed by atoms with Crippen LogP contribution in [0.3, 0.4) is 0 Å². The second-order valence-corrected chi connectivity index (χ2v) is 6.28. The molecule has 0 spiro atoms. The van der Waals surface area contributed by atoms with Crippen molar-refractivity contribution in [2.75, 3.05) is 13.7 Å². The molecule has 25 heavy (non-hydrogen) atoms. The van der Waals surface area contributed by atoms with Gasteiger partial charge in [0, 0.05) is 36.1 Å². The van der Waals surface area contributed by atoms with Crippen molar-refractivity contribution in [2.24, 2.45) is 0 Å². The molecule has 0 bridgehead atoms. The largest absolute Gasteiger partial charge is 0.497 e. The lowest BCUT2D eigenvalue weighted by molar-refractivity contribution is 0.170. The van der Waals surface area contributed by atoms with Gasteiger partial charge in [0.15, 0.2) is 5.65 Å². The third-order valence-electron chi connectivity index (χ3n) is 4.45. The zero-order valence-corrected chi connectivity index (χ0v) is 15.0. The molecule has 0 fully saturated rings. The summed E-state index contributed by atoms with van der Waals surface area (Å²) in [6.45, 7) is 6.49. The van der Waals surface area contributed by atoms with Crippen LogP contribution in [0, 0.1) is 13.8 Å². The molecule has 2 N–H and O–H groups in total. The van der Waals surface area contributed by atoms with Gasteiger partial charge in [0.1, 0.15) is 5.75 Å². The molecule has 2 heterocycles. The smallest absolute Gasteiger partial charge is 0.155 e. The van der Waals surface area contributed by atoms with Crippen molar-refractivity contribution >= 4 is 5.65 Å². The summed E-state index contributed by atoms with van der Waals surface area (Å²) in [4.78, 5) is 4.47. The summed E-state index contributed by atoms with van der Waals surface area (Å²) in [7, 11) is 1.62. The highest BCUT2D eigenvalue weighted by Crippen LogP contribution is 2.21. The summed E-state index contributed by atoms with van der Waals surface area (Å²) in [5, 5.41) is 18.3. The molecule has 2 aromatic heterocycles. The molecule has 0 saturated heterocycles. The molecule has 0 amide bonds. The lowest BCUT2D eigenvalue weighted by atomic mass is 10.1. The number of aryl methyl sites for hydroxylation is 2. The van der Waals surface area contributed by atoms with Gasteiger partial charge in [-0.05, 0) is 38.5 Å². The minimum atomic E-state index is -0.610. The number of aliphatic hydroxyl groups is 1. The Kier molecular flexibility index (Phi) is 5.01. The first-order chi connectivity index (χ1) is 12.0. The summed E-state index contributed by atoms with van der Waals surface area (Å²) >= 11 is 0. The van der Waals surface area contributed by atoms with Gasteiger partial charge in [-0.3, -0.25) is 0 Å². The number of rotatable bonds is 6. The number of benzene rings is 1. The van der Waals surface area contributed by atoms with Crippen molar-refractivity contribution < 1.29 is 9.84 Å². The van der Waals surface area contributed by atoms with E-state index in [0.29, 0.717) is 6.54 Å². The Morgan fingerprint density at radius 2 is 2.08 bits per heavy atom. The number of nitrogens with one attached hydrogen (secondary N) is 1. The van der Waals surface area contributed by atoms with Gasteiger partial charge in [0.25, 0.3) is 0 Å². The van der Waals surface area contributed by atoms with E-state index in [2.05, 4.69) is 22.3 Å². The van der Waals surface area contributed by atoms with E-state index < -0.39 is 6.10 Å². The summed E-state index contributed by atoms with van der Waals surface area (Å²) in [6, 6.07) is 9.49. The quantitative estimate of drug-likeness (QED) is 0.722. The van der Waals surface area contributed by atoms with Crippen molar-refractivity contribution in [3.63, 3.8) is 0 Å². The highest BCUT2D eigenvalue weighted by atomic mass is 16.5. The molecule has 0 aliphatic heterocycles. The molecule has 0 aliphatic carbocycles. The first kappa shape index (κ1) is 17.4. The van der Waals surface area contributed by atoms with Crippen LogP contribution in [0.15, 0.2) is 36.5 Å². The second-order valence-electron chi connectivity index (χ2n) is 6.28. The minimum absolute atomic E-state index is 0.0432. The summed E-state index contributed by atoms with van der Waals surface area (Å²) in [6.07, 6.45) is 1.27. The van der Waals surface area contributed by atoms with Gasteiger partial charge < -0.3 is 15.2 Å². The van der Waals surface area contributed by atoms with Crippen molar-refractivity contribution in [3.8, 4) is 5.75 Å². The molecule has 6 nitrogen and oxygen atoms in total. The van der Waals surface area contributed by atoms with Crippen molar-refractivity contribution in [2.45, 2.75) is 32.9 Å². The summed E-state index contributed by atoms with van der Waals surface area (Å²) < 4.78 is 7.07. The Balaban J connectivity index is 1.71. The third kappa shape index (κ3) is 3.65. The van der Waals surface area contributed by atoms with Gasteiger partial charge in [-0.1, -0.05) is 12.1 Å². The topological polar surface area (TPSA) is 71.7 Å². The monoisotopic (exact) mass is 340 g/mol. The van der Waals surface area contributed by atoms with Gasteiger partial charge in [-0.25, -0.2) is 9.50 Å². The number of fused-ring (bicyclic) bond motifs is 1. The average molecular weight is 340 g/mol. The van der Waals surface area contributed by atoms with Crippen molar-refractivity contribution in [1.82, 2.24) is 19.9 Å². The highest BCUT2D eigenvalue weighted by Gasteiger charge is 2.15. The maximum absolute atomic E-state index is 10.4. The number of hydrogen-bond acceptors (Lipinski definition) is 5. The van der Waals surface area contributed by atoms with Gasteiger partial charge in [0.05, 0.1) is 18.9 Å². The van der Waals surface area contributed by atoms with Crippen LogP contribution in [0.5, 0.6) is 5.75 Å².